The van der Waals surface area contributed by atoms with Crippen molar-refractivity contribution < 1.29 is 23.6 Å². The number of aromatic nitrogens is 4. The third kappa shape index (κ3) is 6.17. The van der Waals surface area contributed by atoms with Crippen LogP contribution in [0.1, 0.15) is 29.3 Å². The number of nitrogens with zero attached hydrogens (tertiary/aromatic N) is 5. The number of nitrogens with one attached hydrogen (secondary N) is 2. The molecule has 1 saturated heterocycles. The largest absolute Gasteiger partial charge is 0.383 e. The number of hydroxylamine groups is 2. The fraction of sp³-hybridized carbons (Fsp3) is 0.323. The Hall–Kier alpha value is -4.52. The van der Waals surface area contributed by atoms with Crippen molar-refractivity contribution in [2.45, 2.75) is 25.9 Å². The summed E-state index contributed by atoms with van der Waals surface area (Å²) >= 11 is 0. The van der Waals surface area contributed by atoms with Crippen LogP contribution in [-0.4, -0.2) is 69.9 Å². The van der Waals surface area contributed by atoms with Crippen LogP contribution in [0.25, 0.3) is 16.9 Å². The summed E-state index contributed by atoms with van der Waals surface area (Å²) in [5, 5.41) is 12.6. The van der Waals surface area contributed by atoms with E-state index in [1.807, 2.05) is 48.0 Å². The van der Waals surface area contributed by atoms with Gasteiger partial charge in [-0.2, -0.15) is 14.6 Å². The summed E-state index contributed by atoms with van der Waals surface area (Å²) < 4.78 is 21.0. The molecule has 4 aromatic rings. The van der Waals surface area contributed by atoms with Gasteiger partial charge in [0.05, 0.1) is 35.9 Å². The number of methoxy groups -OCH3 is 1. The molecule has 6 rings (SSSR count). The summed E-state index contributed by atoms with van der Waals surface area (Å²) in [5.41, 5.74) is 5.27. The predicted octanol–water partition coefficient (Wildman–Crippen LogP) is 3.89. The van der Waals surface area contributed by atoms with Gasteiger partial charge in [-0.05, 0) is 48.4 Å². The minimum Gasteiger partial charge on any atom is -0.383 e. The first-order valence-electron chi connectivity index (χ1n) is 14.1. The maximum absolute atomic E-state index is 14.0. The monoisotopic (exact) mass is 585 g/mol. The second-order valence-electron chi connectivity index (χ2n) is 10.7. The third-order valence-electron chi connectivity index (χ3n) is 7.71. The Bertz CT molecular complexity index is 1640. The van der Waals surface area contributed by atoms with Crippen molar-refractivity contribution >= 4 is 23.2 Å². The maximum Gasteiger partial charge on any atom is 0.244 e. The van der Waals surface area contributed by atoms with Gasteiger partial charge < -0.3 is 15.4 Å². The van der Waals surface area contributed by atoms with Gasteiger partial charge in [-0.3, -0.25) is 14.4 Å². The number of Topliss-reactive ketones (excluding diaryl/α,β-unsaturated/α-hetero) is 1. The van der Waals surface area contributed by atoms with Crippen LogP contribution in [0.4, 0.5) is 15.9 Å². The van der Waals surface area contributed by atoms with Crippen LogP contribution in [0.2, 0.25) is 0 Å². The molecule has 2 aliphatic heterocycles. The zero-order valence-electron chi connectivity index (χ0n) is 23.9. The fourth-order valence-electron chi connectivity index (χ4n) is 5.61. The lowest BCUT2D eigenvalue weighted by Gasteiger charge is -2.18. The highest BCUT2D eigenvalue weighted by atomic mass is 19.1. The molecule has 2 N–H and O–H groups in total. The van der Waals surface area contributed by atoms with Crippen LogP contribution >= 0.6 is 0 Å². The van der Waals surface area contributed by atoms with Gasteiger partial charge in [0.25, 0.3) is 0 Å². The molecule has 0 saturated carbocycles. The van der Waals surface area contributed by atoms with E-state index >= 15 is 0 Å². The molecule has 222 valence electrons. The quantitative estimate of drug-likeness (QED) is 0.267. The summed E-state index contributed by atoms with van der Waals surface area (Å²) in [6, 6.07) is 14.6. The van der Waals surface area contributed by atoms with Gasteiger partial charge in [-0.15, -0.1) is 0 Å². The molecule has 0 unspecified atom stereocenters. The summed E-state index contributed by atoms with van der Waals surface area (Å²) in [6.07, 6.45) is 2.98. The van der Waals surface area contributed by atoms with E-state index in [4.69, 9.17) is 14.7 Å². The normalized spacial score (nSPS) is 18.3. The standard InChI is InChI=1S/C31H32FN7O4/c1-19-26(15-24(40)12-22-18-38(10-11-42-2)43-30(22)20-8-9-33-27(32)14-20)39(23-6-4-3-5-7-23)37-29(19)21-13-25-31(35-16-21)36-28(41)17-34-25/h3-9,13-14,16,22,30,34H,10-12,15,17-18H2,1-2H3,(H,35,36,41)/t22-,30+/m1/s1. The average molecular weight is 586 g/mol. The summed E-state index contributed by atoms with van der Waals surface area (Å²) in [7, 11) is 1.62. The summed E-state index contributed by atoms with van der Waals surface area (Å²) in [4.78, 5) is 39.7. The maximum atomic E-state index is 14.0. The van der Waals surface area contributed by atoms with Gasteiger partial charge in [0.1, 0.15) is 11.9 Å². The van der Waals surface area contributed by atoms with Crippen LogP contribution in [0.3, 0.4) is 0 Å². The lowest BCUT2D eigenvalue weighted by atomic mass is 9.91. The molecule has 11 nitrogen and oxygen atoms in total. The SMILES string of the molecule is COCCN1C[C@@H](CC(=O)Cc2c(C)c(-c3cnc4c(c3)NCC(=O)N4)nn2-c2ccccc2)[C@H](c2ccnc(F)c2)O1. The highest BCUT2D eigenvalue weighted by Gasteiger charge is 2.37. The third-order valence-corrected chi connectivity index (χ3v) is 7.71. The highest BCUT2D eigenvalue weighted by molar-refractivity contribution is 5.99. The van der Waals surface area contributed by atoms with Gasteiger partial charge in [-0.25, -0.2) is 14.6 Å². The number of halogens is 1. The highest BCUT2D eigenvalue weighted by Crippen LogP contribution is 2.37. The molecular formula is C31H32FN7O4. The molecule has 0 spiro atoms. The number of hydrogen-bond acceptors (Lipinski definition) is 9. The van der Waals surface area contributed by atoms with Crippen LogP contribution in [-0.2, 0) is 25.6 Å². The number of ketones is 1. The summed E-state index contributed by atoms with van der Waals surface area (Å²) in [5.74, 6) is -0.446. The number of para-hydroxylation sites is 1. The molecule has 0 aliphatic carbocycles. The molecule has 5 heterocycles. The van der Waals surface area contributed by atoms with Crippen LogP contribution in [0.5, 0.6) is 0 Å². The zero-order valence-corrected chi connectivity index (χ0v) is 23.9. The predicted molar refractivity (Wildman–Crippen MR) is 157 cm³/mol. The number of rotatable bonds is 10. The van der Waals surface area contributed by atoms with Gasteiger partial charge in [0.15, 0.2) is 5.82 Å². The van der Waals surface area contributed by atoms with Gasteiger partial charge >= 0.3 is 0 Å². The van der Waals surface area contributed by atoms with Gasteiger partial charge in [-0.1, -0.05) is 18.2 Å². The van der Waals surface area contributed by atoms with Crippen LogP contribution < -0.4 is 10.6 Å². The lowest BCUT2D eigenvalue weighted by molar-refractivity contribution is -0.155. The van der Waals surface area contributed by atoms with E-state index in [0.717, 1.165) is 22.5 Å². The smallest absolute Gasteiger partial charge is 0.244 e. The Morgan fingerprint density at radius 3 is 2.81 bits per heavy atom. The lowest BCUT2D eigenvalue weighted by Crippen LogP contribution is -2.28. The first-order valence-corrected chi connectivity index (χ1v) is 14.1. The second kappa shape index (κ2) is 12.4. The van der Waals surface area contributed by atoms with Crippen molar-refractivity contribution in [3.8, 4) is 16.9 Å². The minimum atomic E-state index is -0.592. The number of anilines is 2. The second-order valence-corrected chi connectivity index (χ2v) is 10.7. The minimum absolute atomic E-state index is 0.0152. The molecule has 12 heteroatoms. The van der Waals surface area contributed by atoms with E-state index < -0.39 is 12.1 Å². The van der Waals surface area contributed by atoms with E-state index in [1.165, 1.54) is 12.3 Å². The Morgan fingerprint density at radius 2 is 2.02 bits per heavy atom. The fourth-order valence-corrected chi connectivity index (χ4v) is 5.61. The van der Waals surface area contributed by atoms with E-state index in [1.54, 1.807) is 24.4 Å². The molecule has 0 radical (unpaired) electrons. The molecule has 0 bridgehead atoms. The average Bonchev–Trinajstić information content (AvgIpc) is 3.56. The molecule has 1 fully saturated rings. The van der Waals surface area contributed by atoms with Crippen molar-refractivity contribution in [1.82, 2.24) is 24.8 Å². The molecule has 1 aromatic carbocycles. The number of hydrogen-bond donors (Lipinski definition) is 2. The van der Waals surface area contributed by atoms with Gasteiger partial charge in [0.2, 0.25) is 11.9 Å². The number of pyridine rings is 2. The van der Waals surface area contributed by atoms with Crippen molar-refractivity contribution in [1.29, 1.82) is 0 Å². The van der Waals surface area contributed by atoms with Gasteiger partial charge in [0, 0.05) is 56.9 Å². The van der Waals surface area contributed by atoms with Crippen molar-refractivity contribution in [2.24, 2.45) is 5.92 Å². The van der Waals surface area contributed by atoms with Crippen molar-refractivity contribution in [3.63, 3.8) is 0 Å². The number of ether oxygens (including phenoxy) is 1. The number of amides is 1. The van der Waals surface area contributed by atoms with E-state index in [9.17, 15) is 14.0 Å². The number of carbonyl (C=O) groups is 2. The van der Waals surface area contributed by atoms with Crippen molar-refractivity contribution in [2.75, 3.05) is 44.0 Å². The molecule has 1 amide bonds. The van der Waals surface area contributed by atoms with E-state index in [0.29, 0.717) is 42.5 Å². The molecule has 2 aliphatic rings. The Kier molecular flexibility index (Phi) is 8.23. The topological polar surface area (TPSA) is 124 Å². The molecular weight excluding hydrogens is 553 g/mol. The molecule has 43 heavy (non-hydrogen) atoms. The van der Waals surface area contributed by atoms with E-state index in [2.05, 4.69) is 20.6 Å². The zero-order chi connectivity index (χ0) is 29.9. The van der Waals surface area contributed by atoms with E-state index in [-0.39, 0.29) is 37.0 Å². The first kappa shape index (κ1) is 28.6. The molecule has 3 aromatic heterocycles. The van der Waals surface area contributed by atoms with Crippen LogP contribution in [0, 0.1) is 18.8 Å². The summed E-state index contributed by atoms with van der Waals surface area (Å²) in [6.45, 7) is 3.62. The number of carbonyl (C=O) groups excluding carboxylic acids is 2. The number of benzene rings is 1. The molecule has 2 atom stereocenters. The number of fused-ring (bicyclic) bond motifs is 1. The Labute approximate surface area is 248 Å². The van der Waals surface area contributed by atoms with Crippen molar-refractivity contribution in [3.05, 3.63) is 83.7 Å². The first-order chi connectivity index (χ1) is 20.9. The Morgan fingerprint density at radius 1 is 1.19 bits per heavy atom. The Balaban J connectivity index is 1.29. The van der Waals surface area contributed by atoms with Crippen LogP contribution in [0.15, 0.2) is 60.9 Å².